The van der Waals surface area contributed by atoms with E-state index in [4.69, 9.17) is 9.40 Å². The van der Waals surface area contributed by atoms with Crippen LogP contribution in [0.2, 0.25) is 0 Å². The maximum absolute atomic E-state index is 9.91. The van der Waals surface area contributed by atoms with Crippen LogP contribution in [0.25, 0.3) is 22.6 Å². The number of nitrogens with zero attached hydrogens (tertiary/aromatic N) is 2. The molecule has 1 saturated heterocycles. The van der Waals surface area contributed by atoms with Gasteiger partial charge in [-0.3, -0.25) is 0 Å². The number of rotatable bonds is 4. The van der Waals surface area contributed by atoms with Gasteiger partial charge in [-0.25, -0.2) is 4.98 Å². The minimum Gasteiger partial charge on any atom is -0.508 e. The van der Waals surface area contributed by atoms with E-state index < -0.39 is 0 Å². The maximum atomic E-state index is 9.91. The Labute approximate surface area is 170 Å². The average molecular weight is 382 g/mol. The molecule has 2 heterocycles. The number of benzene rings is 3. The van der Waals surface area contributed by atoms with Gasteiger partial charge in [0.1, 0.15) is 17.5 Å². The average Bonchev–Trinajstić information content (AvgIpc) is 3.42. The van der Waals surface area contributed by atoms with E-state index in [0.29, 0.717) is 0 Å². The van der Waals surface area contributed by atoms with Crippen LogP contribution in [0.15, 0.2) is 89.3 Å². The first kappa shape index (κ1) is 17.6. The molecule has 29 heavy (non-hydrogen) atoms. The summed E-state index contributed by atoms with van der Waals surface area (Å²) in [6.45, 7) is 0.915. The quantitative estimate of drug-likeness (QED) is 0.466. The van der Waals surface area contributed by atoms with Gasteiger partial charge in [-0.2, -0.15) is 0 Å². The minimum atomic E-state index is 0.0525. The van der Waals surface area contributed by atoms with Crippen LogP contribution in [0, 0.1) is 0 Å². The van der Waals surface area contributed by atoms with Crippen molar-refractivity contribution in [3.63, 3.8) is 0 Å². The second-order valence-electron chi connectivity index (χ2n) is 7.33. The fraction of sp³-hybridized carbons (Fsp3) is 0.160. The molecule has 3 aromatic carbocycles. The van der Waals surface area contributed by atoms with Gasteiger partial charge in [0.15, 0.2) is 5.76 Å². The molecule has 1 aromatic heterocycles. The molecule has 0 radical (unpaired) electrons. The van der Waals surface area contributed by atoms with Gasteiger partial charge in [0.2, 0.25) is 5.89 Å². The van der Waals surface area contributed by atoms with Crippen LogP contribution in [-0.2, 0) is 0 Å². The zero-order valence-electron chi connectivity index (χ0n) is 16.0. The molecule has 4 heteroatoms. The van der Waals surface area contributed by atoms with Crippen molar-refractivity contribution in [2.45, 2.75) is 18.9 Å². The fourth-order valence-corrected chi connectivity index (χ4v) is 4.06. The molecule has 1 N–H and O–H groups in total. The maximum Gasteiger partial charge on any atom is 0.218 e. The Kier molecular flexibility index (Phi) is 4.53. The first-order valence-electron chi connectivity index (χ1n) is 9.97. The Morgan fingerprint density at radius 1 is 0.862 bits per heavy atom. The number of hydrogen-bond acceptors (Lipinski definition) is 4. The molecule has 4 nitrogen and oxygen atoms in total. The van der Waals surface area contributed by atoms with Gasteiger partial charge >= 0.3 is 0 Å². The van der Waals surface area contributed by atoms with Gasteiger partial charge in [0.25, 0.3) is 0 Å². The van der Waals surface area contributed by atoms with Gasteiger partial charge in [0, 0.05) is 29.4 Å². The number of aromatic nitrogens is 1. The Morgan fingerprint density at radius 3 is 2.31 bits per heavy atom. The van der Waals surface area contributed by atoms with E-state index in [-0.39, 0.29) is 11.8 Å². The van der Waals surface area contributed by atoms with Crippen LogP contribution in [0.3, 0.4) is 0 Å². The van der Waals surface area contributed by atoms with Crippen molar-refractivity contribution in [1.29, 1.82) is 0 Å². The van der Waals surface area contributed by atoms with E-state index in [9.17, 15) is 5.11 Å². The second kappa shape index (κ2) is 7.47. The van der Waals surface area contributed by atoms with Crippen molar-refractivity contribution in [1.82, 2.24) is 4.98 Å². The third-order valence-electron chi connectivity index (χ3n) is 5.43. The summed E-state index contributed by atoms with van der Waals surface area (Å²) in [7, 11) is 0. The normalized spacial score (nSPS) is 16.3. The van der Waals surface area contributed by atoms with Gasteiger partial charge in [-0.15, -0.1) is 0 Å². The number of phenolic OH excluding ortho intramolecular Hbond substituents is 1. The van der Waals surface area contributed by atoms with E-state index in [1.807, 2.05) is 48.5 Å². The number of hydrogen-bond donors (Lipinski definition) is 1. The lowest BCUT2D eigenvalue weighted by atomic mass is 10.1. The van der Waals surface area contributed by atoms with E-state index >= 15 is 0 Å². The molecule has 0 aliphatic carbocycles. The molecule has 0 bridgehead atoms. The predicted molar refractivity (Wildman–Crippen MR) is 115 cm³/mol. The van der Waals surface area contributed by atoms with Crippen molar-refractivity contribution in [3.8, 4) is 28.3 Å². The summed E-state index contributed by atoms with van der Waals surface area (Å²) in [6, 6.07) is 27.8. The summed E-state index contributed by atoms with van der Waals surface area (Å²) in [4.78, 5) is 7.24. The molecular formula is C25H22N2O2. The second-order valence-corrected chi connectivity index (χ2v) is 7.33. The Balaban J connectivity index is 1.60. The van der Waals surface area contributed by atoms with Crippen LogP contribution >= 0.6 is 0 Å². The minimum absolute atomic E-state index is 0.0525. The molecule has 0 spiro atoms. The SMILES string of the molecule is Oc1cccc(N2CCCC2c2nc(-c3ccccc3)c(-c3ccccc3)o2)c1. The fourth-order valence-electron chi connectivity index (χ4n) is 4.06. The highest BCUT2D eigenvalue weighted by molar-refractivity contribution is 5.77. The highest BCUT2D eigenvalue weighted by atomic mass is 16.4. The zero-order valence-corrected chi connectivity index (χ0v) is 16.0. The van der Waals surface area contributed by atoms with E-state index in [0.717, 1.165) is 53.5 Å². The molecule has 1 atom stereocenters. The Morgan fingerprint density at radius 2 is 1.59 bits per heavy atom. The van der Waals surface area contributed by atoms with E-state index in [1.165, 1.54) is 0 Å². The zero-order chi connectivity index (χ0) is 19.6. The number of aromatic hydroxyl groups is 1. The monoisotopic (exact) mass is 382 g/mol. The van der Waals surface area contributed by atoms with Gasteiger partial charge in [0.05, 0.1) is 0 Å². The van der Waals surface area contributed by atoms with Crippen molar-refractivity contribution in [2.75, 3.05) is 11.4 Å². The Hall–Kier alpha value is -3.53. The topological polar surface area (TPSA) is 49.5 Å². The lowest BCUT2D eigenvalue weighted by molar-refractivity contribution is 0.456. The highest BCUT2D eigenvalue weighted by Gasteiger charge is 2.32. The van der Waals surface area contributed by atoms with Crippen LogP contribution in [-0.4, -0.2) is 16.6 Å². The van der Waals surface area contributed by atoms with Crippen molar-refractivity contribution < 1.29 is 9.52 Å². The summed E-state index contributed by atoms with van der Waals surface area (Å²) in [5.41, 5.74) is 3.93. The van der Waals surface area contributed by atoms with Gasteiger partial charge < -0.3 is 14.4 Å². The number of anilines is 1. The third-order valence-corrected chi connectivity index (χ3v) is 5.43. The summed E-state index contributed by atoms with van der Waals surface area (Å²) in [5.74, 6) is 1.80. The molecule has 144 valence electrons. The molecule has 5 rings (SSSR count). The third kappa shape index (κ3) is 3.38. The van der Waals surface area contributed by atoms with Gasteiger partial charge in [-0.1, -0.05) is 66.7 Å². The molecule has 1 aliphatic rings. The first-order chi connectivity index (χ1) is 14.3. The smallest absolute Gasteiger partial charge is 0.218 e. The van der Waals surface area contributed by atoms with Crippen LogP contribution in [0.4, 0.5) is 5.69 Å². The molecular weight excluding hydrogens is 360 g/mol. The molecule has 0 saturated carbocycles. The first-order valence-corrected chi connectivity index (χ1v) is 9.97. The molecule has 4 aromatic rings. The number of oxazole rings is 1. The molecule has 1 fully saturated rings. The van der Waals surface area contributed by atoms with Crippen molar-refractivity contribution in [3.05, 3.63) is 90.8 Å². The van der Waals surface area contributed by atoms with Crippen LogP contribution in [0.1, 0.15) is 24.8 Å². The summed E-state index contributed by atoms with van der Waals surface area (Å²) >= 11 is 0. The lowest BCUT2D eigenvalue weighted by Gasteiger charge is -2.24. The van der Waals surface area contributed by atoms with Crippen LogP contribution < -0.4 is 4.90 Å². The van der Waals surface area contributed by atoms with Crippen LogP contribution in [0.5, 0.6) is 5.75 Å². The van der Waals surface area contributed by atoms with E-state index in [1.54, 1.807) is 12.1 Å². The summed E-state index contributed by atoms with van der Waals surface area (Å²) < 4.78 is 6.41. The Bertz CT molecular complexity index is 1050. The standard InChI is InChI=1S/C25H22N2O2/c28-21-14-7-13-20(17-21)27-16-8-15-22(27)25-26-23(18-9-3-1-4-10-18)24(29-25)19-11-5-2-6-12-19/h1-7,9-14,17,22,28H,8,15-16H2. The summed E-state index contributed by atoms with van der Waals surface area (Å²) in [6.07, 6.45) is 2.03. The van der Waals surface area contributed by atoms with E-state index in [2.05, 4.69) is 29.2 Å². The van der Waals surface area contributed by atoms with Crippen molar-refractivity contribution >= 4 is 5.69 Å². The largest absolute Gasteiger partial charge is 0.508 e. The molecule has 0 amide bonds. The highest BCUT2D eigenvalue weighted by Crippen LogP contribution is 2.41. The number of phenols is 1. The summed E-state index contributed by atoms with van der Waals surface area (Å²) in [5, 5.41) is 9.91. The van der Waals surface area contributed by atoms with Gasteiger partial charge in [-0.05, 0) is 25.0 Å². The molecule has 1 aliphatic heterocycles. The lowest BCUT2D eigenvalue weighted by Crippen LogP contribution is -2.22. The molecule has 1 unspecified atom stereocenters. The predicted octanol–water partition coefficient (Wildman–Crippen LogP) is 6.06. The van der Waals surface area contributed by atoms with Crippen molar-refractivity contribution in [2.24, 2.45) is 0 Å².